The number of nitrogens with zero attached hydrogens (tertiary/aromatic N) is 1. The molecule has 1 aliphatic carbocycles. The van der Waals surface area contributed by atoms with Gasteiger partial charge >= 0.3 is 0 Å². The molecule has 1 fully saturated rings. The van der Waals surface area contributed by atoms with Gasteiger partial charge in [-0.25, -0.2) is 8.42 Å². The van der Waals surface area contributed by atoms with Crippen LogP contribution < -0.4 is 9.62 Å². The van der Waals surface area contributed by atoms with Gasteiger partial charge in [0, 0.05) is 18.7 Å². The van der Waals surface area contributed by atoms with Crippen LogP contribution >= 0.6 is 11.6 Å². The third-order valence-corrected chi connectivity index (χ3v) is 8.18. The van der Waals surface area contributed by atoms with E-state index in [9.17, 15) is 13.2 Å². The van der Waals surface area contributed by atoms with Crippen LogP contribution in [-0.4, -0.2) is 27.4 Å². The second-order valence-corrected chi connectivity index (χ2v) is 10.1. The maximum Gasteiger partial charge on any atom is 0.265 e. The fourth-order valence-corrected chi connectivity index (χ4v) is 6.26. The Bertz CT molecular complexity index is 1020. The summed E-state index contributed by atoms with van der Waals surface area (Å²) in [6.07, 6.45) is 6.61. The lowest BCUT2D eigenvalue weighted by molar-refractivity contribution is 0.0943. The number of carbonyl (C=O) groups is 1. The highest BCUT2D eigenvalue weighted by molar-refractivity contribution is 7.93. The third kappa shape index (κ3) is 4.14. The molecule has 0 radical (unpaired) electrons. The molecule has 2 aromatic rings. The lowest BCUT2D eigenvalue weighted by Gasteiger charge is -2.22. The number of nitrogens with one attached hydrogen (secondary N) is 1. The second kappa shape index (κ2) is 8.36. The molecule has 29 heavy (non-hydrogen) atoms. The summed E-state index contributed by atoms with van der Waals surface area (Å²) in [6.45, 7) is 0.999. The molecule has 0 unspecified atom stereocenters. The quantitative estimate of drug-likeness (QED) is 0.761. The normalized spacial score (nSPS) is 17.2. The molecule has 0 aromatic heterocycles. The van der Waals surface area contributed by atoms with E-state index in [1.165, 1.54) is 35.7 Å². The highest BCUT2D eigenvalue weighted by Crippen LogP contribution is 2.35. The molecule has 4 rings (SSSR count). The summed E-state index contributed by atoms with van der Waals surface area (Å²) in [4.78, 5) is 12.6. The van der Waals surface area contributed by atoms with Gasteiger partial charge in [-0.15, -0.1) is 0 Å². The van der Waals surface area contributed by atoms with Gasteiger partial charge in [0.1, 0.15) is 4.90 Å². The molecule has 1 heterocycles. The molecule has 1 amide bonds. The third-order valence-electron chi connectivity index (χ3n) is 5.88. The fraction of sp³-hybridized carbons (Fsp3) is 0.409. The molecular formula is C22H25ClN2O3S. The molecule has 2 aliphatic rings. The van der Waals surface area contributed by atoms with Crippen LogP contribution in [0, 0.1) is 5.92 Å². The average molecular weight is 433 g/mol. The predicted molar refractivity (Wildman–Crippen MR) is 115 cm³/mol. The Morgan fingerprint density at radius 3 is 2.66 bits per heavy atom. The van der Waals surface area contributed by atoms with Crippen molar-refractivity contribution in [1.29, 1.82) is 0 Å². The summed E-state index contributed by atoms with van der Waals surface area (Å²) < 4.78 is 28.0. The lowest BCUT2D eigenvalue weighted by Crippen LogP contribution is -2.31. The smallest absolute Gasteiger partial charge is 0.265 e. The van der Waals surface area contributed by atoms with Crippen LogP contribution in [0.5, 0.6) is 0 Å². The Balaban J connectivity index is 1.56. The molecule has 0 spiro atoms. The maximum atomic E-state index is 13.3. The molecule has 0 bridgehead atoms. The molecule has 7 heteroatoms. The van der Waals surface area contributed by atoms with E-state index in [2.05, 4.69) is 5.32 Å². The number of para-hydroxylation sites is 1. The topological polar surface area (TPSA) is 66.5 Å². The van der Waals surface area contributed by atoms with Crippen LogP contribution in [0.3, 0.4) is 0 Å². The number of sulfonamides is 1. The number of fused-ring (bicyclic) bond motifs is 1. The molecule has 1 aliphatic heterocycles. The highest BCUT2D eigenvalue weighted by Gasteiger charge is 2.32. The zero-order valence-corrected chi connectivity index (χ0v) is 17.8. The van der Waals surface area contributed by atoms with E-state index in [1.54, 1.807) is 12.1 Å². The lowest BCUT2D eigenvalue weighted by atomic mass is 9.89. The van der Waals surface area contributed by atoms with Crippen molar-refractivity contribution < 1.29 is 13.2 Å². The van der Waals surface area contributed by atoms with Gasteiger partial charge in [0.2, 0.25) is 0 Å². The van der Waals surface area contributed by atoms with Gasteiger partial charge < -0.3 is 5.32 Å². The van der Waals surface area contributed by atoms with Crippen molar-refractivity contribution in [3.8, 4) is 0 Å². The SMILES string of the molecule is O=C(NCC1CCCCC1)c1ccc(Cl)c(S(=O)(=O)N2CCc3ccccc32)c1. The number of hydrogen-bond acceptors (Lipinski definition) is 3. The van der Waals surface area contributed by atoms with Gasteiger partial charge in [0.25, 0.3) is 15.9 Å². The van der Waals surface area contributed by atoms with Crippen LogP contribution in [0.2, 0.25) is 5.02 Å². The molecule has 154 valence electrons. The second-order valence-electron chi connectivity index (χ2n) is 7.82. The maximum absolute atomic E-state index is 13.3. The Labute approximate surface area is 177 Å². The summed E-state index contributed by atoms with van der Waals surface area (Å²) in [5, 5.41) is 3.08. The predicted octanol–water partition coefficient (Wildman–Crippen LogP) is 4.40. The van der Waals surface area contributed by atoms with E-state index in [0.717, 1.165) is 18.4 Å². The molecule has 0 saturated heterocycles. The van der Waals surface area contributed by atoms with Crippen molar-refractivity contribution in [2.24, 2.45) is 5.92 Å². The van der Waals surface area contributed by atoms with Crippen molar-refractivity contribution in [1.82, 2.24) is 5.32 Å². The minimum Gasteiger partial charge on any atom is -0.352 e. The first-order valence-electron chi connectivity index (χ1n) is 10.2. The molecular weight excluding hydrogens is 408 g/mol. The number of rotatable bonds is 5. The molecule has 5 nitrogen and oxygen atoms in total. The Morgan fingerprint density at radius 1 is 1.10 bits per heavy atom. The highest BCUT2D eigenvalue weighted by atomic mass is 35.5. The van der Waals surface area contributed by atoms with Crippen molar-refractivity contribution >= 4 is 33.2 Å². The van der Waals surface area contributed by atoms with Crippen LogP contribution in [0.15, 0.2) is 47.4 Å². The first-order chi connectivity index (χ1) is 14.0. The van der Waals surface area contributed by atoms with E-state index < -0.39 is 10.0 Å². The summed E-state index contributed by atoms with van der Waals surface area (Å²) in [6, 6.07) is 11.9. The Hall–Kier alpha value is -2.05. The van der Waals surface area contributed by atoms with Crippen LogP contribution in [0.1, 0.15) is 48.0 Å². The van der Waals surface area contributed by atoms with Crippen LogP contribution in [0.25, 0.3) is 0 Å². The first-order valence-corrected chi connectivity index (χ1v) is 12.0. The van der Waals surface area contributed by atoms with E-state index >= 15 is 0 Å². The minimum atomic E-state index is -3.85. The van der Waals surface area contributed by atoms with Crippen molar-refractivity contribution in [2.45, 2.75) is 43.4 Å². The van der Waals surface area contributed by atoms with Crippen LogP contribution in [0.4, 0.5) is 5.69 Å². The largest absolute Gasteiger partial charge is 0.352 e. The van der Waals surface area contributed by atoms with Gasteiger partial charge in [-0.05, 0) is 55.0 Å². The van der Waals surface area contributed by atoms with Gasteiger partial charge in [-0.2, -0.15) is 0 Å². The summed E-state index contributed by atoms with van der Waals surface area (Å²) >= 11 is 6.25. The summed E-state index contributed by atoms with van der Waals surface area (Å²) in [5.41, 5.74) is 1.99. The van der Waals surface area contributed by atoms with Crippen LogP contribution in [-0.2, 0) is 16.4 Å². The number of anilines is 1. The monoisotopic (exact) mass is 432 g/mol. The standard InChI is InChI=1S/C22H25ClN2O3S/c23-19-11-10-18(22(26)24-15-16-6-2-1-3-7-16)14-21(19)29(27,28)25-13-12-17-8-4-5-9-20(17)25/h4-5,8-11,14,16H,1-3,6-7,12-13,15H2,(H,24,26). The zero-order chi connectivity index (χ0) is 20.4. The fourth-order valence-electron chi connectivity index (χ4n) is 4.25. The number of carbonyl (C=O) groups excluding carboxylic acids is 1. The Morgan fingerprint density at radius 2 is 1.86 bits per heavy atom. The van der Waals surface area contributed by atoms with Crippen molar-refractivity contribution in [3.05, 3.63) is 58.6 Å². The van der Waals surface area contributed by atoms with E-state index in [0.29, 0.717) is 36.7 Å². The average Bonchev–Trinajstić information content (AvgIpc) is 3.18. The zero-order valence-electron chi connectivity index (χ0n) is 16.2. The van der Waals surface area contributed by atoms with Gasteiger partial charge in [-0.1, -0.05) is 49.1 Å². The summed E-state index contributed by atoms with van der Waals surface area (Å²) in [5.74, 6) is 0.245. The van der Waals surface area contributed by atoms with Gasteiger partial charge in [0.05, 0.1) is 10.7 Å². The molecule has 1 N–H and O–H groups in total. The van der Waals surface area contributed by atoms with E-state index in [1.807, 2.05) is 18.2 Å². The van der Waals surface area contributed by atoms with Gasteiger partial charge in [0.15, 0.2) is 0 Å². The minimum absolute atomic E-state index is 0.0267. The molecule has 2 aromatic carbocycles. The number of hydrogen-bond donors (Lipinski definition) is 1. The Kier molecular flexibility index (Phi) is 5.83. The van der Waals surface area contributed by atoms with E-state index in [-0.39, 0.29) is 15.8 Å². The number of amides is 1. The molecule has 1 saturated carbocycles. The van der Waals surface area contributed by atoms with E-state index in [4.69, 9.17) is 11.6 Å². The summed E-state index contributed by atoms with van der Waals surface area (Å²) in [7, 11) is -3.85. The van der Waals surface area contributed by atoms with Crippen molar-refractivity contribution in [2.75, 3.05) is 17.4 Å². The van der Waals surface area contributed by atoms with Gasteiger partial charge in [-0.3, -0.25) is 9.10 Å². The number of benzene rings is 2. The molecule has 0 atom stereocenters. The number of halogens is 1. The van der Waals surface area contributed by atoms with Crippen molar-refractivity contribution in [3.63, 3.8) is 0 Å². The first kappa shape index (κ1) is 20.2.